The first-order valence-corrected chi connectivity index (χ1v) is 5.62. The number of carbonyl (C=O) groups is 1. The summed E-state index contributed by atoms with van der Waals surface area (Å²) in [6.45, 7) is 5.71. The summed E-state index contributed by atoms with van der Waals surface area (Å²) in [7, 11) is 0. The predicted molar refractivity (Wildman–Crippen MR) is 69.1 cm³/mol. The molecule has 0 aliphatic carbocycles. The summed E-state index contributed by atoms with van der Waals surface area (Å²) in [5.74, 6) is 4.61. The number of hydrogen-bond donors (Lipinski definition) is 1. The molecule has 1 N–H and O–H groups in total. The van der Waals surface area contributed by atoms with Crippen molar-refractivity contribution in [3.8, 4) is 24.7 Å². The van der Waals surface area contributed by atoms with E-state index in [1.54, 1.807) is 20.8 Å². The molecule has 17 heavy (non-hydrogen) atoms. The van der Waals surface area contributed by atoms with Crippen LogP contribution in [0.25, 0.3) is 0 Å². The van der Waals surface area contributed by atoms with Crippen LogP contribution >= 0.6 is 0 Å². The zero-order chi connectivity index (χ0) is 13.7. The summed E-state index contributed by atoms with van der Waals surface area (Å²) >= 11 is 0. The molecule has 0 fully saturated rings. The Kier molecular flexibility index (Phi) is 11.7. The van der Waals surface area contributed by atoms with Crippen LogP contribution in [0, 0.1) is 24.7 Å². The minimum atomic E-state index is -0.591. The Morgan fingerprint density at radius 3 is 2.12 bits per heavy atom. The zero-order valence-electron chi connectivity index (χ0n) is 11.0. The molecule has 0 rings (SSSR count). The minimum Gasteiger partial charge on any atom is -0.466 e. The highest BCUT2D eigenvalue weighted by atomic mass is 16.5. The monoisotopic (exact) mass is 238 g/mol. The molecule has 0 heterocycles. The third-order valence-electron chi connectivity index (χ3n) is 1.66. The largest absolute Gasteiger partial charge is 0.466 e. The van der Waals surface area contributed by atoms with Gasteiger partial charge >= 0.3 is 5.97 Å². The van der Waals surface area contributed by atoms with Crippen LogP contribution in [-0.4, -0.2) is 23.3 Å². The van der Waals surface area contributed by atoms with Crippen LogP contribution in [0.15, 0.2) is 0 Å². The molecule has 0 bridgehead atoms. The van der Waals surface area contributed by atoms with Gasteiger partial charge in [0.15, 0.2) is 0 Å². The van der Waals surface area contributed by atoms with Crippen molar-refractivity contribution in [2.45, 2.75) is 52.1 Å². The molecule has 0 amide bonds. The second kappa shape index (κ2) is 11.0. The third-order valence-corrected chi connectivity index (χ3v) is 1.66. The zero-order valence-corrected chi connectivity index (χ0v) is 11.0. The van der Waals surface area contributed by atoms with E-state index in [0.717, 1.165) is 0 Å². The fourth-order valence-corrected chi connectivity index (χ4v) is 0.785. The lowest BCUT2D eigenvalue weighted by molar-refractivity contribution is -0.142. The molecule has 0 atom stereocenters. The summed E-state index contributed by atoms with van der Waals surface area (Å²) in [4.78, 5) is 10.5. The van der Waals surface area contributed by atoms with Gasteiger partial charge in [-0.25, -0.2) is 0 Å². The number of esters is 1. The van der Waals surface area contributed by atoms with Gasteiger partial charge in [-0.1, -0.05) is 0 Å². The standard InChI is InChI=1S/C7H10O2.C7H12O/c1-3-5-6-7(8)9-4-2;1-4-5-6-7(2,3)8/h1H,4-6H2,2H3;1,8H,5-6H2,2-3H3. The van der Waals surface area contributed by atoms with Gasteiger partial charge in [0.1, 0.15) is 0 Å². The maximum absolute atomic E-state index is 10.5. The van der Waals surface area contributed by atoms with E-state index in [1.165, 1.54) is 0 Å². The Morgan fingerprint density at radius 1 is 1.29 bits per heavy atom. The Balaban J connectivity index is 0. The van der Waals surface area contributed by atoms with E-state index in [2.05, 4.69) is 16.6 Å². The van der Waals surface area contributed by atoms with Crippen LogP contribution in [0.2, 0.25) is 0 Å². The first-order valence-electron chi connectivity index (χ1n) is 5.62. The molecule has 0 aromatic rings. The number of terminal acetylenes is 2. The normalized spacial score (nSPS) is 9.29. The van der Waals surface area contributed by atoms with Gasteiger partial charge < -0.3 is 9.84 Å². The predicted octanol–water partition coefficient (Wildman–Crippen LogP) is 2.13. The topological polar surface area (TPSA) is 46.5 Å². The summed E-state index contributed by atoms with van der Waals surface area (Å²) in [5.41, 5.74) is -0.591. The lowest BCUT2D eigenvalue weighted by Gasteiger charge is -2.13. The summed E-state index contributed by atoms with van der Waals surface area (Å²) in [5, 5.41) is 9.05. The van der Waals surface area contributed by atoms with Gasteiger partial charge in [-0.15, -0.1) is 24.7 Å². The van der Waals surface area contributed by atoms with Crippen molar-refractivity contribution in [3.63, 3.8) is 0 Å². The number of rotatable bonds is 5. The average molecular weight is 238 g/mol. The quantitative estimate of drug-likeness (QED) is 0.589. The van der Waals surface area contributed by atoms with Gasteiger partial charge in [-0.05, 0) is 27.2 Å². The van der Waals surface area contributed by atoms with E-state index in [-0.39, 0.29) is 5.97 Å². The van der Waals surface area contributed by atoms with E-state index in [0.29, 0.717) is 32.3 Å². The first-order chi connectivity index (χ1) is 7.87. The fourth-order valence-electron chi connectivity index (χ4n) is 0.785. The Morgan fingerprint density at radius 2 is 1.82 bits per heavy atom. The lowest BCUT2D eigenvalue weighted by Crippen LogP contribution is -2.17. The van der Waals surface area contributed by atoms with Crippen LogP contribution in [0.3, 0.4) is 0 Å². The van der Waals surface area contributed by atoms with Crippen LogP contribution in [0.4, 0.5) is 0 Å². The molecule has 0 aliphatic heterocycles. The van der Waals surface area contributed by atoms with Crippen molar-refractivity contribution in [1.29, 1.82) is 0 Å². The number of ether oxygens (including phenoxy) is 1. The second-order valence-electron chi connectivity index (χ2n) is 4.03. The van der Waals surface area contributed by atoms with E-state index >= 15 is 0 Å². The van der Waals surface area contributed by atoms with E-state index in [4.69, 9.17) is 18.0 Å². The lowest BCUT2D eigenvalue weighted by atomic mass is 10.0. The highest BCUT2D eigenvalue weighted by Gasteiger charge is 2.09. The van der Waals surface area contributed by atoms with Crippen LogP contribution < -0.4 is 0 Å². The Labute approximate surface area is 105 Å². The molecule has 96 valence electrons. The smallest absolute Gasteiger partial charge is 0.306 e. The summed E-state index contributed by atoms with van der Waals surface area (Å²) in [6.07, 6.45) is 12.0. The molecule has 0 aromatic carbocycles. The first kappa shape index (κ1) is 17.9. The molecule has 0 saturated carbocycles. The number of aliphatic hydroxyl groups is 1. The van der Waals surface area contributed by atoms with Gasteiger partial charge in [0.25, 0.3) is 0 Å². The Hall–Kier alpha value is -1.45. The van der Waals surface area contributed by atoms with Crippen molar-refractivity contribution in [2.24, 2.45) is 0 Å². The molecule has 3 nitrogen and oxygen atoms in total. The maximum atomic E-state index is 10.5. The highest BCUT2D eigenvalue weighted by molar-refractivity contribution is 5.69. The van der Waals surface area contributed by atoms with E-state index < -0.39 is 5.60 Å². The SMILES string of the molecule is C#CCCC(=O)OCC.C#CCCC(C)(C)O. The molecule has 0 aromatic heterocycles. The molecule has 0 radical (unpaired) electrons. The second-order valence-corrected chi connectivity index (χ2v) is 4.03. The number of carbonyl (C=O) groups excluding carboxylic acids is 1. The molecule has 3 heteroatoms. The Bertz CT molecular complexity index is 273. The molecule has 0 saturated heterocycles. The minimum absolute atomic E-state index is 0.213. The van der Waals surface area contributed by atoms with Gasteiger partial charge in [0.2, 0.25) is 0 Å². The van der Waals surface area contributed by atoms with Crippen molar-refractivity contribution in [1.82, 2.24) is 0 Å². The van der Waals surface area contributed by atoms with Gasteiger partial charge in [0.05, 0.1) is 18.6 Å². The van der Waals surface area contributed by atoms with Crippen LogP contribution in [-0.2, 0) is 9.53 Å². The van der Waals surface area contributed by atoms with E-state index in [1.807, 2.05) is 0 Å². The summed E-state index contributed by atoms with van der Waals surface area (Å²) < 4.78 is 4.61. The maximum Gasteiger partial charge on any atom is 0.306 e. The molecule has 0 spiro atoms. The average Bonchev–Trinajstić information content (AvgIpc) is 2.24. The third kappa shape index (κ3) is 20.6. The van der Waals surface area contributed by atoms with Crippen molar-refractivity contribution in [3.05, 3.63) is 0 Å². The molecular formula is C14H22O3. The van der Waals surface area contributed by atoms with Crippen molar-refractivity contribution < 1.29 is 14.6 Å². The summed E-state index contributed by atoms with van der Waals surface area (Å²) in [6, 6.07) is 0. The van der Waals surface area contributed by atoms with Crippen LogP contribution in [0.5, 0.6) is 0 Å². The number of hydrogen-bond acceptors (Lipinski definition) is 3. The fraction of sp³-hybridized carbons (Fsp3) is 0.643. The van der Waals surface area contributed by atoms with E-state index in [9.17, 15) is 4.79 Å². The molecular weight excluding hydrogens is 216 g/mol. The van der Waals surface area contributed by atoms with Gasteiger partial charge in [0, 0.05) is 12.8 Å². The van der Waals surface area contributed by atoms with Crippen molar-refractivity contribution in [2.75, 3.05) is 6.61 Å². The van der Waals surface area contributed by atoms with Gasteiger partial charge in [-0.2, -0.15) is 0 Å². The molecule has 0 aliphatic rings. The van der Waals surface area contributed by atoms with Crippen LogP contribution in [0.1, 0.15) is 46.5 Å². The molecule has 0 unspecified atom stereocenters. The van der Waals surface area contributed by atoms with Crippen molar-refractivity contribution >= 4 is 5.97 Å². The van der Waals surface area contributed by atoms with Gasteiger partial charge in [-0.3, -0.25) is 4.79 Å². The highest BCUT2D eigenvalue weighted by Crippen LogP contribution is 2.08.